The van der Waals surface area contributed by atoms with Gasteiger partial charge in [-0.15, -0.1) is 11.8 Å². The minimum Gasteiger partial charge on any atom is -0.465 e. The highest BCUT2D eigenvalue weighted by atomic mass is 32.2. The third-order valence-corrected chi connectivity index (χ3v) is 7.82. The van der Waals surface area contributed by atoms with Crippen molar-refractivity contribution in [1.82, 2.24) is 0 Å². The molecule has 0 fully saturated rings. The number of esters is 1. The van der Waals surface area contributed by atoms with E-state index in [0.29, 0.717) is 16.9 Å². The first-order chi connectivity index (χ1) is 14.6. The van der Waals surface area contributed by atoms with E-state index in [1.807, 2.05) is 0 Å². The fraction of sp³-hybridized carbons (Fsp3) is 0.286. The number of methoxy groups -OCH3 is 1. The second-order valence-electron chi connectivity index (χ2n) is 7.15. The van der Waals surface area contributed by atoms with Gasteiger partial charge in [0.1, 0.15) is 0 Å². The summed E-state index contributed by atoms with van der Waals surface area (Å²) < 4.78 is 30.3. The van der Waals surface area contributed by atoms with Crippen LogP contribution in [0, 0.1) is 5.92 Å². The van der Waals surface area contributed by atoms with E-state index in [2.05, 4.69) is 15.4 Å². The van der Waals surface area contributed by atoms with E-state index >= 15 is 0 Å². The fourth-order valence-corrected chi connectivity index (χ4v) is 5.46. The molecule has 3 rings (SSSR count). The van der Waals surface area contributed by atoms with E-state index in [1.165, 1.54) is 62.2 Å². The first-order valence-corrected chi connectivity index (χ1v) is 12.0. The molecule has 164 valence electrons. The summed E-state index contributed by atoms with van der Waals surface area (Å²) in [6.45, 7) is 3.30. The van der Waals surface area contributed by atoms with Crippen molar-refractivity contribution in [3.05, 3.63) is 48.0 Å². The second kappa shape index (κ2) is 9.11. The molecule has 2 aromatic rings. The zero-order chi connectivity index (χ0) is 22.8. The molecule has 10 heteroatoms. The highest BCUT2D eigenvalue weighted by Crippen LogP contribution is 2.37. The Morgan fingerprint density at radius 1 is 1.19 bits per heavy atom. The summed E-state index contributed by atoms with van der Waals surface area (Å²) in [4.78, 5) is 36.7. The van der Waals surface area contributed by atoms with Crippen LogP contribution in [0.4, 0.5) is 11.4 Å². The van der Waals surface area contributed by atoms with Crippen molar-refractivity contribution in [2.75, 3.05) is 23.5 Å². The number of hydrogen-bond donors (Lipinski definition) is 2. The van der Waals surface area contributed by atoms with Crippen LogP contribution in [0.1, 0.15) is 24.2 Å². The average molecular weight is 463 g/mol. The molecule has 0 saturated carbocycles. The topological polar surface area (TPSA) is 119 Å². The second-order valence-corrected chi connectivity index (χ2v) is 10.6. The first-order valence-electron chi connectivity index (χ1n) is 9.44. The molecule has 0 radical (unpaired) electrons. The highest BCUT2D eigenvalue weighted by Gasteiger charge is 2.27. The number of carbonyl (C=O) groups is 3. The number of benzene rings is 2. The van der Waals surface area contributed by atoms with E-state index in [4.69, 9.17) is 0 Å². The molecule has 1 heterocycles. The van der Waals surface area contributed by atoms with Crippen LogP contribution < -0.4 is 10.6 Å². The van der Waals surface area contributed by atoms with Crippen molar-refractivity contribution >= 4 is 50.8 Å². The van der Waals surface area contributed by atoms with Crippen LogP contribution in [0.5, 0.6) is 0 Å². The summed E-state index contributed by atoms with van der Waals surface area (Å²) >= 11 is 1.36. The van der Waals surface area contributed by atoms with Crippen LogP contribution in [-0.2, 0) is 24.2 Å². The molecule has 2 N–H and O–H groups in total. The van der Waals surface area contributed by atoms with E-state index in [9.17, 15) is 22.8 Å². The number of carbonyl (C=O) groups excluding carboxylic acids is 3. The third kappa shape index (κ3) is 5.26. The van der Waals surface area contributed by atoms with Crippen molar-refractivity contribution in [2.45, 2.75) is 28.9 Å². The van der Waals surface area contributed by atoms with Gasteiger partial charge in [0.15, 0.2) is 9.84 Å². The molecular weight excluding hydrogens is 440 g/mol. The Balaban J connectivity index is 1.68. The molecule has 2 amide bonds. The third-order valence-electron chi connectivity index (χ3n) is 4.73. The lowest BCUT2D eigenvalue weighted by atomic mass is 10.1. The summed E-state index contributed by atoms with van der Waals surface area (Å²) in [5.41, 5.74) is 1.23. The fourth-order valence-electron chi connectivity index (χ4n) is 2.96. The maximum Gasteiger partial charge on any atom is 0.337 e. The van der Waals surface area contributed by atoms with Gasteiger partial charge in [0.2, 0.25) is 11.8 Å². The molecule has 8 nitrogen and oxygen atoms in total. The lowest BCUT2D eigenvalue weighted by molar-refractivity contribution is -0.119. The largest absolute Gasteiger partial charge is 0.465 e. The van der Waals surface area contributed by atoms with Crippen molar-refractivity contribution < 1.29 is 27.5 Å². The van der Waals surface area contributed by atoms with Gasteiger partial charge in [-0.25, -0.2) is 13.2 Å². The van der Waals surface area contributed by atoms with Crippen molar-refractivity contribution in [3.63, 3.8) is 0 Å². The highest BCUT2D eigenvalue weighted by molar-refractivity contribution is 8.01. The molecule has 31 heavy (non-hydrogen) atoms. The quantitative estimate of drug-likeness (QED) is 0.634. The van der Waals surface area contributed by atoms with Gasteiger partial charge in [-0.05, 0) is 49.4 Å². The maximum atomic E-state index is 12.8. The summed E-state index contributed by atoms with van der Waals surface area (Å²) in [7, 11) is -2.49. The van der Waals surface area contributed by atoms with E-state index in [0.717, 1.165) is 4.90 Å². The van der Waals surface area contributed by atoms with Gasteiger partial charge in [0.25, 0.3) is 0 Å². The summed E-state index contributed by atoms with van der Waals surface area (Å²) in [5, 5.41) is 5.11. The van der Waals surface area contributed by atoms with Crippen LogP contribution in [0.3, 0.4) is 0 Å². The number of ether oxygens (including phenoxy) is 1. The first kappa shape index (κ1) is 22.8. The molecule has 0 aliphatic carbocycles. The standard InChI is InChI=1S/C21H22N2O6S2/c1-12(19(24)22-15-6-4-14(5-7-15)21(26)29-3)11-31(27,28)16-8-9-18-17(10-16)23-20(25)13(2)30-18/h4-10,12-13H,11H2,1-3H3,(H,22,24)(H,23,25)/t12-,13-/m0/s1. The van der Waals surface area contributed by atoms with Gasteiger partial charge in [0, 0.05) is 16.5 Å². The minimum absolute atomic E-state index is 0.0452. The monoisotopic (exact) mass is 462 g/mol. The number of sulfone groups is 1. The Bertz CT molecular complexity index is 1130. The number of hydrogen-bond acceptors (Lipinski definition) is 7. The van der Waals surface area contributed by atoms with Crippen LogP contribution in [0.2, 0.25) is 0 Å². The number of amides is 2. The molecule has 2 atom stereocenters. The zero-order valence-electron chi connectivity index (χ0n) is 17.2. The lowest BCUT2D eigenvalue weighted by Gasteiger charge is -2.22. The molecule has 0 saturated heterocycles. The number of nitrogens with one attached hydrogen (secondary N) is 2. The van der Waals surface area contributed by atoms with Gasteiger partial charge in [-0.3, -0.25) is 9.59 Å². The number of anilines is 2. The van der Waals surface area contributed by atoms with E-state index in [1.54, 1.807) is 13.0 Å². The van der Waals surface area contributed by atoms with Crippen LogP contribution in [0.15, 0.2) is 52.3 Å². The molecule has 1 aliphatic rings. The Kier molecular flexibility index (Phi) is 6.71. The molecule has 0 spiro atoms. The number of thioether (sulfide) groups is 1. The Morgan fingerprint density at radius 2 is 1.87 bits per heavy atom. The summed E-state index contributed by atoms with van der Waals surface area (Å²) in [6, 6.07) is 10.7. The average Bonchev–Trinajstić information content (AvgIpc) is 2.73. The smallest absolute Gasteiger partial charge is 0.337 e. The number of fused-ring (bicyclic) bond motifs is 1. The van der Waals surface area contributed by atoms with Gasteiger partial charge in [-0.1, -0.05) is 6.92 Å². The van der Waals surface area contributed by atoms with Gasteiger partial charge in [0.05, 0.1) is 34.3 Å². The Labute approximate surface area is 184 Å². The van der Waals surface area contributed by atoms with Gasteiger partial charge < -0.3 is 15.4 Å². The van der Waals surface area contributed by atoms with E-state index < -0.39 is 33.4 Å². The predicted molar refractivity (Wildman–Crippen MR) is 118 cm³/mol. The number of rotatable bonds is 6. The van der Waals surface area contributed by atoms with Crippen LogP contribution in [0.25, 0.3) is 0 Å². The minimum atomic E-state index is -3.77. The Morgan fingerprint density at radius 3 is 2.52 bits per heavy atom. The van der Waals surface area contributed by atoms with Crippen LogP contribution in [-0.4, -0.2) is 44.3 Å². The summed E-state index contributed by atoms with van der Waals surface area (Å²) in [5.74, 6) is -2.37. The molecule has 0 unspecified atom stereocenters. The summed E-state index contributed by atoms with van der Waals surface area (Å²) in [6.07, 6.45) is 0. The molecule has 1 aliphatic heterocycles. The molecular formula is C21H22N2O6S2. The van der Waals surface area contributed by atoms with Gasteiger partial charge >= 0.3 is 5.97 Å². The van der Waals surface area contributed by atoms with Crippen molar-refractivity contribution in [1.29, 1.82) is 0 Å². The van der Waals surface area contributed by atoms with E-state index in [-0.39, 0.29) is 16.1 Å². The SMILES string of the molecule is COC(=O)c1ccc(NC(=O)[C@@H](C)CS(=O)(=O)c2ccc3c(c2)NC(=O)[C@H](C)S3)cc1. The predicted octanol–water partition coefficient (Wildman–Crippen LogP) is 2.95. The molecule has 0 aromatic heterocycles. The van der Waals surface area contributed by atoms with Crippen molar-refractivity contribution in [2.24, 2.45) is 5.92 Å². The van der Waals surface area contributed by atoms with Gasteiger partial charge in [-0.2, -0.15) is 0 Å². The Hall–Kier alpha value is -2.85. The molecule has 0 bridgehead atoms. The lowest BCUT2D eigenvalue weighted by Crippen LogP contribution is -2.28. The zero-order valence-corrected chi connectivity index (χ0v) is 18.8. The maximum absolute atomic E-state index is 12.8. The van der Waals surface area contributed by atoms with Crippen molar-refractivity contribution in [3.8, 4) is 0 Å². The normalized spacial score (nSPS) is 16.6. The molecule has 2 aromatic carbocycles. The van der Waals surface area contributed by atoms with Crippen LogP contribution >= 0.6 is 11.8 Å².